The van der Waals surface area contributed by atoms with Crippen molar-refractivity contribution in [3.8, 4) is 17.2 Å². The first-order valence-electron chi connectivity index (χ1n) is 34.5. The van der Waals surface area contributed by atoms with Gasteiger partial charge in [-0.2, -0.15) is 0 Å². The summed E-state index contributed by atoms with van der Waals surface area (Å²) >= 11 is 0. The monoisotopic (exact) mass is 1450 g/mol. The minimum Gasteiger partial charge on any atom is -0.490 e. The fourth-order valence-electron chi connectivity index (χ4n) is 12.1. The molecule has 0 spiro atoms. The number of benzene rings is 4. The van der Waals surface area contributed by atoms with Crippen molar-refractivity contribution in [3.05, 3.63) is 108 Å². The number of hydrogen-bond acceptors (Lipinski definition) is 21. The number of piperidine rings is 2. The zero-order chi connectivity index (χ0) is 74.4. The first-order chi connectivity index (χ1) is 49.0. The second-order valence-electron chi connectivity index (χ2n) is 27.2. The van der Waals surface area contributed by atoms with Gasteiger partial charge < -0.3 is 84.9 Å². The summed E-state index contributed by atoms with van der Waals surface area (Å²) in [5, 5.41) is 38.1. The van der Waals surface area contributed by atoms with Crippen molar-refractivity contribution in [2.75, 3.05) is 133 Å². The third kappa shape index (κ3) is 24.7. The number of cyclic esters (lactones) is 3. The summed E-state index contributed by atoms with van der Waals surface area (Å²) in [6.07, 6.45) is -2.29. The van der Waals surface area contributed by atoms with E-state index in [1.807, 2.05) is 30.3 Å². The first kappa shape index (κ1) is 79.3. The molecular weight excluding hydrogens is 1350 g/mol. The molecule has 0 radical (unpaired) electrons. The average molecular weight is 1450 g/mol. The van der Waals surface area contributed by atoms with Crippen LogP contribution in [0.1, 0.15) is 86.1 Å². The maximum absolute atomic E-state index is 15.1. The molecule has 8 amide bonds. The highest BCUT2D eigenvalue weighted by Gasteiger charge is 2.41. The van der Waals surface area contributed by atoms with Crippen molar-refractivity contribution in [2.24, 2.45) is 5.92 Å². The van der Waals surface area contributed by atoms with Crippen LogP contribution < -0.4 is 60.8 Å². The third-order valence-corrected chi connectivity index (χ3v) is 17.7. The van der Waals surface area contributed by atoms with Crippen LogP contribution in [0.2, 0.25) is 0 Å². The van der Waals surface area contributed by atoms with Gasteiger partial charge in [0.05, 0.1) is 68.5 Å². The Morgan fingerprint density at radius 3 is 1.51 bits per heavy atom. The molecule has 4 aromatic rings. The Kier molecular flexibility index (Phi) is 28.6. The predicted octanol–water partition coefficient (Wildman–Crippen LogP) is 6.10. The molecule has 0 aromatic heterocycles. The molecule has 564 valence electrons. The lowest BCUT2D eigenvalue weighted by Gasteiger charge is -2.42. The summed E-state index contributed by atoms with van der Waals surface area (Å²) in [4.78, 5) is 103. The molecule has 0 saturated carbocycles. The summed E-state index contributed by atoms with van der Waals surface area (Å²) in [7, 11) is 0. The van der Waals surface area contributed by atoms with Crippen LogP contribution in [0.25, 0.3) is 0 Å². The molecule has 6 fully saturated rings. The molecule has 6 aliphatic rings. The molecule has 29 nitrogen and oxygen atoms in total. The van der Waals surface area contributed by atoms with Crippen molar-refractivity contribution < 1.29 is 99.6 Å². The molecule has 2 unspecified atom stereocenters. The third-order valence-electron chi connectivity index (χ3n) is 17.7. The number of ether oxygens (including phenoxy) is 8. The zero-order valence-electron chi connectivity index (χ0n) is 59.2. The molecule has 6 saturated heterocycles. The van der Waals surface area contributed by atoms with Gasteiger partial charge in [-0.1, -0.05) is 30.3 Å². The van der Waals surface area contributed by atoms with Crippen molar-refractivity contribution in [1.82, 2.24) is 41.7 Å². The van der Waals surface area contributed by atoms with E-state index in [0.717, 1.165) is 57.7 Å². The molecule has 6 aliphatic heterocycles. The number of aliphatic hydroxyl groups excluding tert-OH is 1. The SMILES string of the molecule is CC(=O)NC[C@H]1CN(c2ccc(OCC(C)(O)C3CCNCC3)c(F)c2)C(=O)O1.CC(=O)NC[C@H]1CN(c2ccc(OCC(O)CN3CCNCC3)c(F)c2)C(=O)O1.CC(=O)NC[C@H]1CN(c2ccc(OCCC3(NC(=O)OC(C)(C)C)CCN(C(=O)OCc4ccccc4)CC3)c(F)c2)C(=O)O1. The molecule has 5 atom stereocenters. The van der Waals surface area contributed by atoms with Gasteiger partial charge in [-0.05, 0) is 114 Å². The molecule has 10 rings (SSSR count). The summed E-state index contributed by atoms with van der Waals surface area (Å²) < 4.78 is 87.4. The smallest absolute Gasteiger partial charge is 0.414 e. The molecule has 4 aromatic carbocycles. The highest BCUT2D eigenvalue weighted by atomic mass is 19.1. The quantitative estimate of drug-likeness (QED) is 0.0347. The Morgan fingerprint density at radius 2 is 1.07 bits per heavy atom. The second-order valence-corrected chi connectivity index (χ2v) is 27.2. The van der Waals surface area contributed by atoms with Crippen molar-refractivity contribution in [3.63, 3.8) is 0 Å². The molecule has 0 aliphatic carbocycles. The number of alkyl carbamates (subject to hydrolysis) is 1. The molecule has 0 bridgehead atoms. The van der Waals surface area contributed by atoms with Gasteiger partial charge in [-0.15, -0.1) is 0 Å². The summed E-state index contributed by atoms with van der Waals surface area (Å²) in [6.45, 7) is 18.8. The lowest BCUT2D eigenvalue weighted by atomic mass is 9.83. The fourth-order valence-corrected chi connectivity index (χ4v) is 12.1. The van der Waals surface area contributed by atoms with E-state index in [2.05, 4.69) is 36.8 Å². The second kappa shape index (κ2) is 37.2. The van der Waals surface area contributed by atoms with Gasteiger partial charge in [-0.25, -0.2) is 37.1 Å². The van der Waals surface area contributed by atoms with Gasteiger partial charge >= 0.3 is 30.5 Å². The Morgan fingerprint density at radius 1 is 0.621 bits per heavy atom. The van der Waals surface area contributed by atoms with Crippen molar-refractivity contribution >= 4 is 65.2 Å². The van der Waals surface area contributed by atoms with E-state index in [0.29, 0.717) is 56.0 Å². The Bertz CT molecular complexity index is 3540. The Balaban J connectivity index is 0.000000204. The van der Waals surface area contributed by atoms with Crippen molar-refractivity contribution in [1.29, 1.82) is 0 Å². The van der Waals surface area contributed by atoms with E-state index in [1.54, 1.807) is 50.8 Å². The molecule has 103 heavy (non-hydrogen) atoms. The Labute approximate surface area is 596 Å². The normalized spacial score (nSPS) is 19.9. The molecule has 32 heteroatoms. The van der Waals surface area contributed by atoms with E-state index >= 15 is 4.39 Å². The largest absolute Gasteiger partial charge is 0.490 e. The van der Waals surface area contributed by atoms with Gasteiger partial charge in [0.25, 0.3) is 0 Å². The van der Waals surface area contributed by atoms with Crippen LogP contribution in [0.15, 0.2) is 84.9 Å². The highest BCUT2D eigenvalue weighted by molar-refractivity contribution is 5.91. The number of nitrogens with zero attached hydrogens (tertiary/aromatic N) is 5. The standard InChI is InChI=1S/C32H41FN4O8.C20H28FN3O5.C19H27FN4O5/c1-22(38)34-19-25-20-37(30(41)44-25)24-10-11-27(26(33)18-24)42-17-14-32(35-28(39)45-31(2,3)4)12-15-36(16-13-32)29(40)43-21-23-8-6-5-7-9-23;1-13(25)23-10-16-11-24(19(26)29-16)15-3-4-18(17(21)9-15)28-12-20(2,27)14-5-7-22-8-6-14;1-13(25)22-9-16-11-24(19(27)29-16)14-2-3-18(17(20)8-14)28-12-15(26)10-23-6-4-21-5-7-23/h5-11,18,25H,12-17,19-21H2,1-4H3,(H,34,38)(H,35,39);3-4,9,14,16,22,27H,5-8,10-12H2,1-2H3,(H,23,25);2-3,8,15-16,21,26H,4-7,9-12H2,1H3,(H,22,25)/t25-;16-,20?;15?,16-/m000/s1. The number of rotatable bonds is 25. The van der Waals surface area contributed by atoms with Gasteiger partial charge in [-0.3, -0.25) is 34.0 Å². The topological polar surface area (TPSA) is 339 Å². The van der Waals surface area contributed by atoms with Crippen LogP contribution in [-0.2, 0) is 44.7 Å². The number of β-amino-alcohol motifs (C(OH)–C–C–N with tert-alkyl or cyclic N) is 1. The van der Waals surface area contributed by atoms with Gasteiger partial charge in [0.15, 0.2) is 34.7 Å². The van der Waals surface area contributed by atoms with Crippen molar-refractivity contribution in [2.45, 2.75) is 128 Å². The zero-order valence-corrected chi connectivity index (χ0v) is 59.2. The maximum Gasteiger partial charge on any atom is 0.414 e. The Hall–Kier alpha value is -9.37. The summed E-state index contributed by atoms with van der Waals surface area (Å²) in [6, 6.07) is 22.0. The van der Waals surface area contributed by atoms with Crippen LogP contribution in [0.5, 0.6) is 17.2 Å². The summed E-state index contributed by atoms with van der Waals surface area (Å²) in [5.74, 6) is -2.50. The number of amides is 8. The lowest BCUT2D eigenvalue weighted by Crippen LogP contribution is -2.57. The summed E-state index contributed by atoms with van der Waals surface area (Å²) in [5.41, 5.74) is -0.667. The number of carbonyl (C=O) groups is 8. The molecule has 8 N–H and O–H groups in total. The maximum atomic E-state index is 15.1. The van der Waals surface area contributed by atoms with Crippen LogP contribution in [-0.4, -0.2) is 227 Å². The average Bonchev–Trinajstić information content (AvgIpc) is 1.61. The first-order valence-corrected chi connectivity index (χ1v) is 34.5. The van der Waals surface area contributed by atoms with E-state index in [1.165, 1.54) is 71.9 Å². The molecule has 6 heterocycles. The van der Waals surface area contributed by atoms with E-state index in [4.69, 9.17) is 37.9 Å². The minimum absolute atomic E-state index is 0.00970. The van der Waals surface area contributed by atoms with Gasteiger partial charge in [0, 0.05) is 96.7 Å². The number of hydrogen-bond donors (Lipinski definition) is 8. The number of aliphatic hydroxyl groups is 2. The van der Waals surface area contributed by atoms with Gasteiger partial charge in [0.1, 0.15) is 49.8 Å². The molecular formula is C71H96F3N11O18. The van der Waals surface area contributed by atoms with Crippen LogP contribution >= 0.6 is 0 Å². The predicted molar refractivity (Wildman–Crippen MR) is 370 cm³/mol. The number of halogens is 3. The van der Waals surface area contributed by atoms with Gasteiger partial charge in [0.2, 0.25) is 17.7 Å². The number of carbonyl (C=O) groups excluding carboxylic acids is 8. The number of piperazine rings is 1. The lowest BCUT2D eigenvalue weighted by molar-refractivity contribution is -0.120. The van der Waals surface area contributed by atoms with E-state index < -0.39 is 89.1 Å². The number of nitrogens with one attached hydrogen (secondary N) is 6. The van der Waals surface area contributed by atoms with E-state index in [-0.39, 0.29) is 107 Å². The number of likely N-dealkylation sites (tertiary alicyclic amines) is 1. The minimum atomic E-state index is -1.05. The highest BCUT2D eigenvalue weighted by Crippen LogP contribution is 2.34. The van der Waals surface area contributed by atoms with Crippen LogP contribution in [0, 0.1) is 23.4 Å². The van der Waals surface area contributed by atoms with Crippen LogP contribution in [0.3, 0.4) is 0 Å². The fraction of sp³-hybridized carbons (Fsp3) is 0.549. The van der Waals surface area contributed by atoms with Crippen LogP contribution in [0.4, 0.5) is 54.2 Å². The van der Waals surface area contributed by atoms with E-state index in [9.17, 15) is 57.4 Å². The number of anilines is 3.